The van der Waals surface area contributed by atoms with Crippen LogP contribution < -0.4 is 10.6 Å². The summed E-state index contributed by atoms with van der Waals surface area (Å²) in [5.74, 6) is 0.302. The predicted octanol–water partition coefficient (Wildman–Crippen LogP) is 1.03. The second-order valence-electron chi connectivity index (χ2n) is 6.92. The zero-order valence-electron chi connectivity index (χ0n) is 14.4. The van der Waals surface area contributed by atoms with Gasteiger partial charge in [0.2, 0.25) is 17.7 Å². The van der Waals surface area contributed by atoms with E-state index in [9.17, 15) is 14.4 Å². The van der Waals surface area contributed by atoms with Gasteiger partial charge in [-0.3, -0.25) is 19.4 Å². The normalized spacial score (nSPS) is 23.0. The van der Waals surface area contributed by atoms with Gasteiger partial charge in [-0.25, -0.2) is 0 Å². The number of pyridine rings is 1. The van der Waals surface area contributed by atoms with E-state index in [2.05, 4.69) is 15.6 Å². The minimum absolute atomic E-state index is 0.0191. The zero-order chi connectivity index (χ0) is 17.8. The summed E-state index contributed by atoms with van der Waals surface area (Å²) in [5.41, 5.74) is 0.732. The van der Waals surface area contributed by atoms with Crippen molar-refractivity contribution >= 4 is 23.4 Å². The summed E-state index contributed by atoms with van der Waals surface area (Å²) in [4.78, 5) is 41.9. The van der Waals surface area contributed by atoms with Gasteiger partial charge >= 0.3 is 0 Å². The van der Waals surface area contributed by atoms with Crippen LogP contribution in [-0.2, 0) is 14.4 Å². The van der Waals surface area contributed by atoms with E-state index in [4.69, 9.17) is 0 Å². The molecule has 0 radical (unpaired) electrons. The van der Waals surface area contributed by atoms with E-state index in [0.717, 1.165) is 12.1 Å². The van der Waals surface area contributed by atoms with Crippen LogP contribution in [0.4, 0.5) is 5.69 Å². The summed E-state index contributed by atoms with van der Waals surface area (Å²) < 4.78 is 0. The van der Waals surface area contributed by atoms with E-state index in [1.54, 1.807) is 29.4 Å². The van der Waals surface area contributed by atoms with Gasteiger partial charge < -0.3 is 15.5 Å². The third-order valence-corrected chi connectivity index (χ3v) is 5.03. The lowest BCUT2D eigenvalue weighted by Crippen LogP contribution is -2.45. The average molecular weight is 344 g/mol. The molecule has 25 heavy (non-hydrogen) atoms. The van der Waals surface area contributed by atoms with Crippen LogP contribution in [0.2, 0.25) is 0 Å². The fourth-order valence-electron chi connectivity index (χ4n) is 3.16. The maximum atomic E-state index is 12.3. The molecule has 134 valence electrons. The lowest BCUT2D eigenvalue weighted by Gasteiger charge is -2.31. The number of nitrogens with zero attached hydrogens (tertiary/aromatic N) is 2. The van der Waals surface area contributed by atoms with Gasteiger partial charge in [0.15, 0.2) is 0 Å². The van der Waals surface area contributed by atoms with Crippen molar-refractivity contribution < 1.29 is 14.4 Å². The van der Waals surface area contributed by atoms with Crippen LogP contribution in [0.15, 0.2) is 24.5 Å². The third-order valence-electron chi connectivity index (χ3n) is 5.03. The van der Waals surface area contributed by atoms with Gasteiger partial charge in [0, 0.05) is 43.0 Å². The molecule has 3 amide bonds. The Balaban J connectivity index is 1.39. The number of likely N-dealkylation sites (tertiary alicyclic amines) is 1. The molecule has 1 aliphatic heterocycles. The smallest absolute Gasteiger partial charge is 0.241 e. The molecule has 2 aliphatic rings. The van der Waals surface area contributed by atoms with Crippen LogP contribution >= 0.6 is 0 Å². The topological polar surface area (TPSA) is 91.4 Å². The highest BCUT2D eigenvalue weighted by atomic mass is 16.2. The first kappa shape index (κ1) is 17.4. The number of anilines is 1. The van der Waals surface area contributed by atoms with E-state index in [-0.39, 0.29) is 36.1 Å². The number of aromatic nitrogens is 1. The Labute approximate surface area is 147 Å². The highest BCUT2D eigenvalue weighted by molar-refractivity contribution is 5.92. The quantitative estimate of drug-likeness (QED) is 0.835. The fraction of sp³-hybridized carbons (Fsp3) is 0.556. The maximum absolute atomic E-state index is 12.3. The highest BCUT2D eigenvalue weighted by Crippen LogP contribution is 2.37. The Morgan fingerprint density at radius 2 is 1.80 bits per heavy atom. The molecule has 3 rings (SSSR count). The molecule has 0 aromatic carbocycles. The Morgan fingerprint density at radius 3 is 2.40 bits per heavy atom. The number of rotatable bonds is 5. The van der Waals surface area contributed by atoms with Crippen molar-refractivity contribution in [2.24, 2.45) is 17.8 Å². The third kappa shape index (κ3) is 4.55. The first-order chi connectivity index (χ1) is 12.0. The average Bonchev–Trinajstić information content (AvgIpc) is 3.37. The van der Waals surface area contributed by atoms with E-state index in [1.807, 2.05) is 6.92 Å². The van der Waals surface area contributed by atoms with Crippen LogP contribution in [0.3, 0.4) is 0 Å². The van der Waals surface area contributed by atoms with Crippen LogP contribution in [0, 0.1) is 17.8 Å². The van der Waals surface area contributed by atoms with E-state index < -0.39 is 0 Å². The van der Waals surface area contributed by atoms with Gasteiger partial charge in [-0.15, -0.1) is 0 Å². The van der Waals surface area contributed by atoms with Crippen LogP contribution in [0.5, 0.6) is 0 Å². The van der Waals surface area contributed by atoms with Crippen molar-refractivity contribution in [1.29, 1.82) is 0 Å². The molecule has 7 heteroatoms. The number of carbonyl (C=O) groups is 3. The monoisotopic (exact) mass is 344 g/mol. The van der Waals surface area contributed by atoms with Gasteiger partial charge in [-0.2, -0.15) is 0 Å². The van der Waals surface area contributed by atoms with E-state index in [1.165, 1.54) is 0 Å². The SMILES string of the molecule is C[C@H]1C[C@@H]1C(=O)NCC(=O)N1CCC(C(=O)Nc2ccncc2)CC1. The van der Waals surface area contributed by atoms with Crippen molar-refractivity contribution in [3.05, 3.63) is 24.5 Å². The summed E-state index contributed by atoms with van der Waals surface area (Å²) in [5, 5.41) is 5.60. The number of nitrogens with one attached hydrogen (secondary N) is 2. The molecule has 0 spiro atoms. The van der Waals surface area contributed by atoms with Crippen molar-refractivity contribution in [2.45, 2.75) is 26.2 Å². The molecule has 2 heterocycles. The minimum atomic E-state index is -0.0980. The first-order valence-corrected chi connectivity index (χ1v) is 8.81. The van der Waals surface area contributed by atoms with Gasteiger partial charge in [-0.1, -0.05) is 6.92 Å². The second-order valence-corrected chi connectivity index (χ2v) is 6.92. The number of piperidine rings is 1. The molecule has 0 unspecified atom stereocenters. The van der Waals surface area contributed by atoms with Gasteiger partial charge in [-0.05, 0) is 37.3 Å². The fourth-order valence-corrected chi connectivity index (χ4v) is 3.16. The van der Waals surface area contributed by atoms with Crippen LogP contribution in [0.1, 0.15) is 26.2 Å². The number of hydrogen-bond donors (Lipinski definition) is 2. The number of carbonyl (C=O) groups excluding carboxylic acids is 3. The molecule has 2 N–H and O–H groups in total. The van der Waals surface area contributed by atoms with Gasteiger partial charge in [0.25, 0.3) is 0 Å². The van der Waals surface area contributed by atoms with Gasteiger partial charge in [0.05, 0.1) is 6.54 Å². The summed E-state index contributed by atoms with van der Waals surface area (Å²) >= 11 is 0. The van der Waals surface area contributed by atoms with Crippen molar-refractivity contribution in [1.82, 2.24) is 15.2 Å². The molecular formula is C18H24N4O3. The Kier molecular flexibility index (Phi) is 5.31. The number of amides is 3. The standard InChI is InChI=1S/C18H24N4O3/c1-12-10-15(12)18(25)20-11-16(23)22-8-4-13(5-9-22)17(24)21-14-2-6-19-7-3-14/h2-3,6-7,12-13,15H,4-5,8-11H2,1H3,(H,20,25)(H,19,21,24)/t12-,15-/m0/s1. The molecule has 1 saturated carbocycles. The molecule has 1 aromatic heterocycles. The van der Waals surface area contributed by atoms with E-state index in [0.29, 0.717) is 31.8 Å². The second kappa shape index (κ2) is 7.63. The zero-order valence-corrected chi connectivity index (χ0v) is 14.4. The van der Waals surface area contributed by atoms with Crippen molar-refractivity contribution in [3.8, 4) is 0 Å². The highest BCUT2D eigenvalue weighted by Gasteiger charge is 2.39. The van der Waals surface area contributed by atoms with Crippen LogP contribution in [-0.4, -0.2) is 47.2 Å². The molecule has 2 fully saturated rings. The minimum Gasteiger partial charge on any atom is -0.347 e. The molecule has 0 bridgehead atoms. The molecular weight excluding hydrogens is 320 g/mol. The molecule has 7 nitrogen and oxygen atoms in total. The molecule has 1 aliphatic carbocycles. The lowest BCUT2D eigenvalue weighted by atomic mass is 9.95. The Morgan fingerprint density at radius 1 is 1.16 bits per heavy atom. The largest absolute Gasteiger partial charge is 0.347 e. The molecule has 2 atom stereocenters. The summed E-state index contributed by atoms with van der Waals surface area (Å²) in [6, 6.07) is 3.50. The molecule has 1 saturated heterocycles. The van der Waals surface area contributed by atoms with Crippen LogP contribution in [0.25, 0.3) is 0 Å². The van der Waals surface area contributed by atoms with Gasteiger partial charge in [0.1, 0.15) is 0 Å². The first-order valence-electron chi connectivity index (χ1n) is 8.81. The predicted molar refractivity (Wildman–Crippen MR) is 92.5 cm³/mol. The summed E-state index contributed by atoms with van der Waals surface area (Å²) in [7, 11) is 0. The summed E-state index contributed by atoms with van der Waals surface area (Å²) in [6.45, 7) is 3.18. The summed E-state index contributed by atoms with van der Waals surface area (Å²) in [6.07, 6.45) is 5.45. The lowest BCUT2D eigenvalue weighted by molar-refractivity contribution is -0.135. The maximum Gasteiger partial charge on any atom is 0.241 e. The Hall–Kier alpha value is -2.44. The molecule has 1 aromatic rings. The Bertz CT molecular complexity index is 641. The van der Waals surface area contributed by atoms with E-state index >= 15 is 0 Å². The van der Waals surface area contributed by atoms with Crippen molar-refractivity contribution in [3.63, 3.8) is 0 Å². The van der Waals surface area contributed by atoms with Crippen molar-refractivity contribution in [2.75, 3.05) is 25.0 Å². The number of hydrogen-bond acceptors (Lipinski definition) is 4.